The van der Waals surface area contributed by atoms with Crippen LogP contribution in [0.25, 0.3) is 16.5 Å². The molecule has 172 valence electrons. The van der Waals surface area contributed by atoms with Crippen molar-refractivity contribution in [2.75, 3.05) is 4.90 Å². The standard InChI is InChI=1S/C27H18N2O6/c30-21-9-8-19(13-20(21)27(34)35)29-23(17-6-7-18-14-28-11-10-16(18)12-17)22(25(32)26(29)33)24(31)15-4-2-1-3-5-15/h1-14,23,30-31H,(H,34,35)/b24-22-. The Morgan fingerprint density at radius 3 is 2.40 bits per heavy atom. The van der Waals surface area contributed by atoms with Crippen molar-refractivity contribution in [1.29, 1.82) is 0 Å². The fourth-order valence-electron chi connectivity index (χ4n) is 4.28. The molecule has 35 heavy (non-hydrogen) atoms. The van der Waals surface area contributed by atoms with Crippen molar-refractivity contribution in [3.05, 3.63) is 107 Å². The minimum absolute atomic E-state index is 0.0919. The zero-order chi connectivity index (χ0) is 24.7. The number of carbonyl (C=O) groups is 3. The number of phenols is 1. The Morgan fingerprint density at radius 2 is 1.66 bits per heavy atom. The number of carboxylic acid groups (broad SMARTS) is 1. The Hall–Kier alpha value is -4.98. The zero-order valence-corrected chi connectivity index (χ0v) is 18.1. The second kappa shape index (κ2) is 8.42. The first-order valence-electron chi connectivity index (χ1n) is 10.6. The molecule has 1 fully saturated rings. The van der Waals surface area contributed by atoms with E-state index in [9.17, 15) is 29.7 Å². The highest BCUT2D eigenvalue weighted by molar-refractivity contribution is 6.51. The van der Waals surface area contributed by atoms with Crippen LogP contribution in [0, 0.1) is 0 Å². The molecule has 1 aliphatic rings. The van der Waals surface area contributed by atoms with Crippen LogP contribution in [-0.4, -0.2) is 38.0 Å². The molecule has 4 aromatic rings. The van der Waals surface area contributed by atoms with Crippen LogP contribution < -0.4 is 4.90 Å². The number of nitrogens with zero attached hydrogens (tertiary/aromatic N) is 2. The Bertz CT molecular complexity index is 1540. The van der Waals surface area contributed by atoms with Crippen molar-refractivity contribution >= 4 is 39.9 Å². The second-order valence-corrected chi connectivity index (χ2v) is 8.02. The van der Waals surface area contributed by atoms with Crippen molar-refractivity contribution < 1.29 is 29.7 Å². The minimum Gasteiger partial charge on any atom is -0.507 e. The number of carboxylic acids is 1. The smallest absolute Gasteiger partial charge is 0.339 e. The first kappa shape index (κ1) is 21.8. The molecule has 1 aliphatic heterocycles. The molecule has 8 nitrogen and oxygen atoms in total. The van der Waals surface area contributed by atoms with Crippen LogP contribution >= 0.6 is 0 Å². The number of rotatable bonds is 4. The lowest BCUT2D eigenvalue weighted by Gasteiger charge is -2.26. The van der Waals surface area contributed by atoms with Crippen molar-refractivity contribution in [2.24, 2.45) is 0 Å². The Balaban J connectivity index is 1.77. The number of fused-ring (bicyclic) bond motifs is 1. The monoisotopic (exact) mass is 466 g/mol. The van der Waals surface area contributed by atoms with Gasteiger partial charge in [-0.3, -0.25) is 19.5 Å². The van der Waals surface area contributed by atoms with Gasteiger partial charge in [-0.05, 0) is 41.3 Å². The molecule has 3 aromatic carbocycles. The first-order valence-corrected chi connectivity index (χ1v) is 10.6. The average molecular weight is 466 g/mol. The second-order valence-electron chi connectivity index (χ2n) is 8.02. The van der Waals surface area contributed by atoms with Crippen LogP contribution in [0.3, 0.4) is 0 Å². The number of hydrogen-bond acceptors (Lipinski definition) is 6. The van der Waals surface area contributed by atoms with Gasteiger partial charge in [0.15, 0.2) is 0 Å². The highest BCUT2D eigenvalue weighted by Crippen LogP contribution is 2.43. The molecule has 1 unspecified atom stereocenters. The molecule has 1 saturated heterocycles. The molecule has 8 heteroatoms. The minimum atomic E-state index is -1.39. The van der Waals surface area contributed by atoms with Gasteiger partial charge in [-0.15, -0.1) is 0 Å². The third-order valence-electron chi connectivity index (χ3n) is 5.96. The van der Waals surface area contributed by atoms with Gasteiger partial charge >= 0.3 is 5.97 Å². The van der Waals surface area contributed by atoms with Crippen LogP contribution in [0.1, 0.15) is 27.5 Å². The molecule has 0 aliphatic carbocycles. The van der Waals surface area contributed by atoms with Gasteiger partial charge in [-0.2, -0.15) is 0 Å². The van der Waals surface area contributed by atoms with Crippen molar-refractivity contribution in [1.82, 2.24) is 4.98 Å². The van der Waals surface area contributed by atoms with Gasteiger partial charge in [-0.1, -0.05) is 42.5 Å². The van der Waals surface area contributed by atoms with E-state index in [0.29, 0.717) is 11.1 Å². The lowest BCUT2D eigenvalue weighted by atomic mass is 9.93. The summed E-state index contributed by atoms with van der Waals surface area (Å²) in [6.07, 6.45) is 3.30. The molecular weight excluding hydrogens is 448 g/mol. The molecule has 0 saturated carbocycles. The van der Waals surface area contributed by atoms with Gasteiger partial charge in [0.05, 0.1) is 11.6 Å². The third-order valence-corrected chi connectivity index (χ3v) is 5.96. The number of pyridine rings is 1. The van der Waals surface area contributed by atoms with Gasteiger partial charge < -0.3 is 15.3 Å². The lowest BCUT2D eigenvalue weighted by Crippen LogP contribution is -2.29. The van der Waals surface area contributed by atoms with E-state index in [0.717, 1.165) is 27.8 Å². The van der Waals surface area contributed by atoms with E-state index < -0.39 is 35.0 Å². The number of aliphatic hydroxyl groups is 1. The van der Waals surface area contributed by atoms with Gasteiger partial charge in [-0.25, -0.2) is 4.79 Å². The number of carbonyl (C=O) groups excluding carboxylic acids is 2. The number of aromatic nitrogens is 1. The number of ketones is 1. The van der Waals surface area contributed by atoms with Gasteiger partial charge in [0.2, 0.25) is 0 Å². The Kier molecular flexibility index (Phi) is 5.25. The summed E-state index contributed by atoms with van der Waals surface area (Å²) in [4.78, 5) is 43.4. The number of anilines is 1. The fraction of sp³-hybridized carbons (Fsp3) is 0.0370. The Labute approximate surface area is 199 Å². The molecule has 0 spiro atoms. The van der Waals surface area contributed by atoms with E-state index in [1.807, 2.05) is 0 Å². The number of amides is 1. The molecule has 1 aromatic heterocycles. The highest BCUT2D eigenvalue weighted by atomic mass is 16.4. The van der Waals surface area contributed by atoms with Crippen LogP contribution in [-0.2, 0) is 9.59 Å². The Morgan fingerprint density at radius 1 is 0.886 bits per heavy atom. The number of aromatic carboxylic acids is 1. The molecule has 1 atom stereocenters. The van der Waals surface area contributed by atoms with E-state index in [4.69, 9.17) is 0 Å². The summed E-state index contributed by atoms with van der Waals surface area (Å²) in [6, 6.07) is 18.1. The zero-order valence-electron chi connectivity index (χ0n) is 18.1. The van der Waals surface area contributed by atoms with Crippen LogP contribution in [0.4, 0.5) is 5.69 Å². The highest BCUT2D eigenvalue weighted by Gasteiger charge is 2.47. The fourth-order valence-corrected chi connectivity index (χ4v) is 4.28. The third kappa shape index (κ3) is 3.67. The number of aliphatic hydroxyl groups excluding tert-OH is 1. The predicted molar refractivity (Wildman–Crippen MR) is 128 cm³/mol. The SMILES string of the molecule is O=C1C(=O)N(c2ccc(O)c(C(=O)O)c2)C(c2ccc3cnccc3c2)/C1=C(/O)c1ccccc1. The molecule has 3 N–H and O–H groups in total. The van der Waals surface area contributed by atoms with E-state index in [2.05, 4.69) is 4.98 Å². The molecule has 0 bridgehead atoms. The van der Waals surface area contributed by atoms with Crippen molar-refractivity contribution in [2.45, 2.75) is 6.04 Å². The maximum Gasteiger partial charge on any atom is 0.339 e. The maximum atomic E-state index is 13.3. The van der Waals surface area contributed by atoms with E-state index in [-0.39, 0.29) is 17.0 Å². The van der Waals surface area contributed by atoms with E-state index in [1.165, 1.54) is 6.07 Å². The van der Waals surface area contributed by atoms with E-state index in [1.54, 1.807) is 67.0 Å². The quantitative estimate of drug-likeness (QED) is 0.233. The van der Waals surface area contributed by atoms with Gasteiger partial charge in [0.1, 0.15) is 17.1 Å². The van der Waals surface area contributed by atoms with E-state index >= 15 is 0 Å². The number of hydrogen-bond donors (Lipinski definition) is 3. The molecule has 2 heterocycles. The van der Waals surface area contributed by atoms with Crippen LogP contribution in [0.15, 0.2) is 90.8 Å². The molecule has 0 radical (unpaired) electrons. The summed E-state index contributed by atoms with van der Waals surface area (Å²) >= 11 is 0. The predicted octanol–water partition coefficient (Wildman–Crippen LogP) is 4.26. The summed E-state index contributed by atoms with van der Waals surface area (Å²) < 4.78 is 0. The van der Waals surface area contributed by atoms with Crippen molar-refractivity contribution in [3.8, 4) is 5.75 Å². The molecular formula is C27H18N2O6. The lowest BCUT2D eigenvalue weighted by molar-refractivity contribution is -0.132. The summed E-state index contributed by atoms with van der Waals surface area (Å²) in [5.41, 5.74) is 0.437. The number of benzene rings is 3. The summed E-state index contributed by atoms with van der Waals surface area (Å²) in [5, 5.41) is 32.2. The molecule has 5 rings (SSSR count). The largest absolute Gasteiger partial charge is 0.507 e. The van der Waals surface area contributed by atoms with Crippen LogP contribution in [0.5, 0.6) is 5.75 Å². The maximum absolute atomic E-state index is 13.3. The number of aromatic hydroxyl groups is 1. The summed E-state index contributed by atoms with van der Waals surface area (Å²) in [5.74, 6) is -4.04. The van der Waals surface area contributed by atoms with Crippen LogP contribution in [0.2, 0.25) is 0 Å². The van der Waals surface area contributed by atoms with Gasteiger partial charge in [0, 0.05) is 29.0 Å². The topological polar surface area (TPSA) is 128 Å². The molecule has 1 amide bonds. The first-order chi connectivity index (χ1) is 16.9. The summed E-state index contributed by atoms with van der Waals surface area (Å²) in [7, 11) is 0. The van der Waals surface area contributed by atoms with Gasteiger partial charge in [0.25, 0.3) is 11.7 Å². The number of Topliss-reactive ketones (excluding diaryl/α,β-unsaturated/α-hetero) is 1. The summed E-state index contributed by atoms with van der Waals surface area (Å²) in [6.45, 7) is 0. The van der Waals surface area contributed by atoms with Crippen molar-refractivity contribution in [3.63, 3.8) is 0 Å². The average Bonchev–Trinajstić information content (AvgIpc) is 3.14. The normalized spacial score (nSPS) is 17.1.